The van der Waals surface area contributed by atoms with E-state index in [1.165, 1.54) is 18.5 Å². The number of hydrogen-bond acceptors (Lipinski definition) is 4. The third kappa shape index (κ3) is 5.21. The number of carbonyl (C=O) groups excluding carboxylic acids is 1. The Labute approximate surface area is 207 Å². The Balaban J connectivity index is 0.00000342. The van der Waals surface area contributed by atoms with Gasteiger partial charge in [0.05, 0.1) is 11.3 Å². The van der Waals surface area contributed by atoms with E-state index in [0.717, 1.165) is 24.0 Å². The topological polar surface area (TPSA) is 59.0 Å². The molecule has 1 amide bonds. The van der Waals surface area contributed by atoms with Gasteiger partial charge in [0.1, 0.15) is 17.8 Å². The number of carbonyl (C=O) groups is 1. The Morgan fingerprint density at radius 2 is 1.83 bits per heavy atom. The van der Waals surface area contributed by atoms with Gasteiger partial charge in [0.2, 0.25) is 0 Å². The number of likely N-dealkylation sites (tertiary alicyclic amines) is 1. The van der Waals surface area contributed by atoms with E-state index < -0.39 is 0 Å². The van der Waals surface area contributed by atoms with Gasteiger partial charge in [0.25, 0.3) is 5.91 Å². The molecule has 35 heavy (non-hydrogen) atoms. The van der Waals surface area contributed by atoms with Crippen molar-refractivity contribution in [3.63, 3.8) is 0 Å². The molecule has 1 aliphatic heterocycles. The third-order valence-corrected chi connectivity index (χ3v) is 7.01. The van der Waals surface area contributed by atoms with Crippen LogP contribution < -0.4 is 0 Å². The summed E-state index contributed by atoms with van der Waals surface area (Å²) in [6.45, 7) is 9.75. The Morgan fingerprint density at radius 3 is 2.46 bits per heavy atom. The molecule has 0 aliphatic carbocycles. The summed E-state index contributed by atoms with van der Waals surface area (Å²) in [5, 5.41) is 0. The maximum atomic E-state index is 13.5. The molecule has 0 N–H and O–H groups in total. The second-order valence-electron chi connectivity index (χ2n) is 8.74. The number of aromatic nitrogens is 3. The van der Waals surface area contributed by atoms with E-state index in [1.807, 2.05) is 30.0 Å². The van der Waals surface area contributed by atoms with Crippen molar-refractivity contribution < 1.29 is 9.18 Å². The van der Waals surface area contributed by atoms with Crippen LogP contribution in [0.25, 0.3) is 11.4 Å². The first kappa shape index (κ1) is 25.9. The van der Waals surface area contributed by atoms with E-state index in [4.69, 9.17) is 0 Å². The highest BCUT2D eigenvalue weighted by Crippen LogP contribution is 2.50. The van der Waals surface area contributed by atoms with E-state index in [9.17, 15) is 9.18 Å². The normalized spacial score (nSPS) is 15.9. The Morgan fingerprint density at radius 1 is 1.11 bits per heavy atom. The highest BCUT2D eigenvalue weighted by Gasteiger charge is 2.42. The number of amides is 1. The molecule has 4 rings (SSSR count). The number of allylic oxidation sites excluding steroid dienone is 3. The average Bonchev–Trinajstić information content (AvgIpc) is 2.89. The molecule has 1 atom stereocenters. The zero-order valence-electron chi connectivity index (χ0n) is 19.6. The number of pyridine rings is 1. The van der Waals surface area contributed by atoms with Gasteiger partial charge in [0, 0.05) is 30.9 Å². The quantitative estimate of drug-likeness (QED) is 0.386. The minimum absolute atomic E-state index is 0. The number of piperidine rings is 1. The van der Waals surface area contributed by atoms with Crippen LogP contribution >= 0.6 is 0 Å². The molecular weight excluding hydrogens is 439 g/mol. The van der Waals surface area contributed by atoms with Gasteiger partial charge < -0.3 is 4.90 Å². The number of nitrogens with zero attached hydrogens (tertiary/aromatic N) is 4. The van der Waals surface area contributed by atoms with Crippen molar-refractivity contribution in [2.75, 3.05) is 13.1 Å². The summed E-state index contributed by atoms with van der Waals surface area (Å²) in [6.07, 6.45) is 10.4. The van der Waals surface area contributed by atoms with Crippen LogP contribution in [0, 0.1) is 11.2 Å². The average molecular weight is 473 g/mol. The standard InChI is InChI=1S/C28H29FN4O.CH4/c1-4-6-20(2)28(21(3)22-8-10-23(29)11-9-22)13-17-33(18-14-28)27(34)24-7-5-15-31-26(24)25-12-16-30-19-32-25;/h4-12,15-16,19,21H,2,13-14,17-18H2,1,3H3;1H4/b6-4+;. The highest BCUT2D eigenvalue weighted by atomic mass is 19.1. The first-order valence-corrected chi connectivity index (χ1v) is 11.5. The van der Waals surface area contributed by atoms with Gasteiger partial charge in [-0.25, -0.2) is 14.4 Å². The molecule has 2 aromatic heterocycles. The molecule has 1 fully saturated rings. The Bertz CT molecular complexity index is 1180. The first-order chi connectivity index (χ1) is 16.5. The van der Waals surface area contributed by atoms with Crippen molar-refractivity contribution in [1.82, 2.24) is 19.9 Å². The fourth-order valence-electron chi connectivity index (χ4n) is 4.96. The lowest BCUT2D eigenvalue weighted by molar-refractivity contribution is 0.0602. The van der Waals surface area contributed by atoms with Crippen molar-refractivity contribution >= 4 is 5.91 Å². The second-order valence-corrected chi connectivity index (χ2v) is 8.74. The van der Waals surface area contributed by atoms with Gasteiger partial charge in [0.15, 0.2) is 0 Å². The van der Waals surface area contributed by atoms with Crippen molar-refractivity contribution in [3.8, 4) is 11.4 Å². The monoisotopic (exact) mass is 472 g/mol. The van der Waals surface area contributed by atoms with Crippen LogP contribution in [0.2, 0.25) is 0 Å². The largest absolute Gasteiger partial charge is 0.339 e. The fraction of sp³-hybridized carbons (Fsp3) is 0.310. The Hall–Kier alpha value is -3.67. The third-order valence-electron chi connectivity index (χ3n) is 7.01. The molecule has 1 unspecified atom stereocenters. The summed E-state index contributed by atoms with van der Waals surface area (Å²) in [4.78, 5) is 28.1. The molecule has 1 aromatic carbocycles. The molecule has 1 saturated heterocycles. The van der Waals surface area contributed by atoms with Gasteiger partial charge in [-0.3, -0.25) is 9.78 Å². The minimum atomic E-state index is -0.242. The molecule has 3 aromatic rings. The van der Waals surface area contributed by atoms with Crippen LogP contribution in [0.3, 0.4) is 0 Å². The highest BCUT2D eigenvalue weighted by molar-refractivity contribution is 5.99. The van der Waals surface area contributed by atoms with Crippen molar-refractivity contribution in [1.29, 1.82) is 0 Å². The number of benzene rings is 1. The van der Waals surface area contributed by atoms with Gasteiger partial charge in [-0.15, -0.1) is 0 Å². The summed E-state index contributed by atoms with van der Waals surface area (Å²) in [5.74, 6) is -0.168. The summed E-state index contributed by atoms with van der Waals surface area (Å²) >= 11 is 0. The molecule has 6 heteroatoms. The molecule has 1 aliphatic rings. The summed E-state index contributed by atoms with van der Waals surface area (Å²) in [5.41, 5.74) is 3.62. The van der Waals surface area contributed by atoms with E-state index in [1.54, 1.807) is 30.6 Å². The lowest BCUT2D eigenvalue weighted by Crippen LogP contribution is -2.46. The zero-order chi connectivity index (χ0) is 24.1. The molecule has 3 heterocycles. The number of rotatable bonds is 6. The first-order valence-electron chi connectivity index (χ1n) is 11.5. The lowest BCUT2D eigenvalue weighted by atomic mass is 9.63. The van der Waals surface area contributed by atoms with Gasteiger partial charge in [-0.2, -0.15) is 0 Å². The zero-order valence-corrected chi connectivity index (χ0v) is 19.6. The van der Waals surface area contributed by atoms with Gasteiger partial charge in [-0.1, -0.05) is 45.2 Å². The van der Waals surface area contributed by atoms with Crippen LogP contribution in [-0.4, -0.2) is 38.8 Å². The predicted molar refractivity (Wildman–Crippen MR) is 138 cm³/mol. The fourth-order valence-corrected chi connectivity index (χ4v) is 4.96. The molecule has 0 radical (unpaired) electrons. The van der Waals surface area contributed by atoms with E-state index in [2.05, 4.69) is 34.5 Å². The van der Waals surface area contributed by atoms with Crippen molar-refractivity contribution in [2.45, 2.75) is 40.0 Å². The molecule has 0 bridgehead atoms. The molecular formula is C29H33FN4O. The van der Waals surface area contributed by atoms with E-state index >= 15 is 0 Å². The second kappa shape index (κ2) is 11.2. The summed E-state index contributed by atoms with van der Waals surface area (Å²) in [7, 11) is 0. The van der Waals surface area contributed by atoms with Gasteiger partial charge in [-0.05, 0) is 67.2 Å². The smallest absolute Gasteiger partial charge is 0.256 e. The molecule has 0 saturated carbocycles. The number of hydrogen-bond donors (Lipinski definition) is 0. The van der Waals surface area contributed by atoms with E-state index in [0.29, 0.717) is 30.0 Å². The minimum Gasteiger partial charge on any atom is -0.339 e. The van der Waals surface area contributed by atoms with Crippen molar-refractivity contribution in [2.24, 2.45) is 5.41 Å². The van der Waals surface area contributed by atoms with Crippen LogP contribution in [0.4, 0.5) is 4.39 Å². The SMILES string of the molecule is C.C=C(/C=C/C)C1(C(C)c2ccc(F)cc2)CCN(C(=O)c2cccnc2-c2ccncn2)CC1. The van der Waals surface area contributed by atoms with Gasteiger partial charge >= 0.3 is 0 Å². The molecule has 182 valence electrons. The van der Waals surface area contributed by atoms with Crippen LogP contribution in [0.5, 0.6) is 0 Å². The van der Waals surface area contributed by atoms with E-state index in [-0.39, 0.29) is 30.5 Å². The summed E-state index contributed by atoms with van der Waals surface area (Å²) in [6, 6.07) is 12.1. The maximum absolute atomic E-state index is 13.5. The predicted octanol–water partition coefficient (Wildman–Crippen LogP) is 6.47. The summed E-state index contributed by atoms with van der Waals surface area (Å²) < 4.78 is 13.5. The van der Waals surface area contributed by atoms with Crippen LogP contribution in [-0.2, 0) is 0 Å². The maximum Gasteiger partial charge on any atom is 0.256 e. The molecule has 5 nitrogen and oxygen atoms in total. The van der Waals surface area contributed by atoms with Crippen molar-refractivity contribution in [3.05, 3.63) is 102 Å². The Kier molecular flexibility index (Phi) is 8.28. The number of halogens is 1. The molecule has 0 spiro atoms. The van der Waals surface area contributed by atoms with Crippen LogP contribution in [0.15, 0.2) is 85.5 Å². The lowest BCUT2D eigenvalue weighted by Gasteiger charge is -2.46. The van der Waals surface area contributed by atoms with Crippen LogP contribution in [0.1, 0.15) is 56.0 Å².